The maximum absolute atomic E-state index is 11.2. The number of rotatable bonds is 4. The van der Waals surface area contributed by atoms with Crippen LogP contribution in [0.25, 0.3) is 0 Å². The van der Waals surface area contributed by atoms with Crippen LogP contribution in [0.3, 0.4) is 0 Å². The molecule has 0 fully saturated rings. The molecule has 6 heteroatoms. The first-order valence-electron chi connectivity index (χ1n) is 6.09. The van der Waals surface area contributed by atoms with Crippen molar-refractivity contribution in [3.05, 3.63) is 57.6 Å². The number of aromatic carboxylic acids is 1. The van der Waals surface area contributed by atoms with Crippen molar-refractivity contribution in [1.29, 1.82) is 0 Å². The molecular weight excluding hydrogens is 336 g/mol. The summed E-state index contributed by atoms with van der Waals surface area (Å²) in [6.45, 7) is 1.74. The van der Waals surface area contributed by atoms with Crippen LogP contribution in [0.4, 0.5) is 11.4 Å². The molecule has 108 valence electrons. The predicted octanol–water partition coefficient (Wildman–Crippen LogP) is 3.30. The molecule has 0 bridgehead atoms. The molecule has 4 N–H and O–H groups in total. The zero-order valence-electron chi connectivity index (χ0n) is 11.2. The Balaban J connectivity index is 2.30. The van der Waals surface area contributed by atoms with E-state index in [1.54, 1.807) is 43.3 Å². The summed E-state index contributed by atoms with van der Waals surface area (Å²) in [6.07, 6.45) is 0. The van der Waals surface area contributed by atoms with E-state index in [-0.39, 0.29) is 5.56 Å². The number of benzene rings is 2. The van der Waals surface area contributed by atoms with Crippen LogP contribution in [-0.4, -0.2) is 17.0 Å². The van der Waals surface area contributed by atoms with Gasteiger partial charge in [-0.2, -0.15) is 0 Å². The summed E-state index contributed by atoms with van der Waals surface area (Å²) in [7, 11) is 0. The maximum atomic E-state index is 11.2. The minimum atomic E-state index is -0.971. The monoisotopic (exact) mass is 348 g/mol. The van der Waals surface area contributed by atoms with Gasteiger partial charge in [0.25, 0.3) is 0 Å². The highest BCUT2D eigenvalue weighted by Crippen LogP contribution is 2.25. The van der Waals surface area contributed by atoms with Crippen molar-refractivity contribution in [2.45, 2.75) is 6.92 Å². The Kier molecular flexibility index (Phi) is 4.28. The summed E-state index contributed by atoms with van der Waals surface area (Å²) in [5, 5.41) is 12.2. The highest BCUT2D eigenvalue weighted by Gasteiger charge is 2.09. The summed E-state index contributed by atoms with van der Waals surface area (Å²) in [5.41, 5.74) is 7.92. The van der Waals surface area contributed by atoms with Crippen LogP contribution >= 0.6 is 15.9 Å². The number of aryl methyl sites for hydroxylation is 1. The van der Waals surface area contributed by atoms with Gasteiger partial charge in [-0.15, -0.1) is 0 Å². The van der Waals surface area contributed by atoms with E-state index in [0.29, 0.717) is 27.0 Å². The van der Waals surface area contributed by atoms with Gasteiger partial charge in [0, 0.05) is 15.8 Å². The largest absolute Gasteiger partial charge is 0.478 e. The molecule has 0 saturated heterocycles. The Morgan fingerprint density at radius 3 is 2.29 bits per heavy atom. The molecule has 0 aliphatic rings. The molecule has 0 radical (unpaired) electrons. The van der Waals surface area contributed by atoms with E-state index in [0.717, 1.165) is 0 Å². The molecule has 0 heterocycles. The van der Waals surface area contributed by atoms with Crippen molar-refractivity contribution >= 4 is 39.2 Å². The number of nitrogens with two attached hydrogens (primary N) is 1. The fraction of sp³-hybridized carbons (Fsp3) is 0.0667. The van der Waals surface area contributed by atoms with E-state index >= 15 is 0 Å². The lowest BCUT2D eigenvalue weighted by atomic mass is 10.1. The Hall–Kier alpha value is -2.34. The van der Waals surface area contributed by atoms with E-state index in [4.69, 9.17) is 10.8 Å². The first kappa shape index (κ1) is 15.1. The number of amides is 1. The number of hydrogen-bond donors (Lipinski definition) is 3. The molecule has 0 saturated carbocycles. The quantitative estimate of drug-likeness (QED) is 0.790. The fourth-order valence-corrected chi connectivity index (χ4v) is 2.46. The summed E-state index contributed by atoms with van der Waals surface area (Å²) in [5.74, 6) is -1.49. The Labute approximate surface area is 129 Å². The van der Waals surface area contributed by atoms with E-state index in [1.165, 1.54) is 0 Å². The number of carboxylic acid groups (broad SMARTS) is 1. The Morgan fingerprint density at radius 2 is 1.71 bits per heavy atom. The van der Waals surface area contributed by atoms with Crippen LogP contribution in [0.5, 0.6) is 0 Å². The van der Waals surface area contributed by atoms with Crippen LogP contribution in [0.1, 0.15) is 26.3 Å². The minimum absolute atomic E-state index is 0.243. The highest BCUT2D eigenvalue weighted by atomic mass is 79.9. The lowest BCUT2D eigenvalue weighted by Crippen LogP contribution is -2.11. The van der Waals surface area contributed by atoms with E-state index < -0.39 is 11.9 Å². The molecule has 21 heavy (non-hydrogen) atoms. The summed E-state index contributed by atoms with van der Waals surface area (Å²) >= 11 is 3.28. The third kappa shape index (κ3) is 3.41. The van der Waals surface area contributed by atoms with Crippen molar-refractivity contribution in [1.82, 2.24) is 0 Å². The minimum Gasteiger partial charge on any atom is -0.478 e. The SMILES string of the molecule is Cc1ccc(Nc2ccc(C(N)=O)c(Br)c2)cc1C(=O)O. The van der Waals surface area contributed by atoms with E-state index in [1.807, 2.05) is 0 Å². The van der Waals surface area contributed by atoms with Gasteiger partial charge in [-0.1, -0.05) is 6.07 Å². The zero-order valence-corrected chi connectivity index (χ0v) is 12.8. The second kappa shape index (κ2) is 5.97. The standard InChI is InChI=1S/C15H13BrN2O3/c1-8-2-3-9(6-12(8)15(20)21)18-10-4-5-11(14(17)19)13(16)7-10/h2-7,18H,1H3,(H2,17,19)(H,20,21). The van der Waals surface area contributed by atoms with Crippen LogP contribution < -0.4 is 11.1 Å². The Bertz CT molecular complexity index is 729. The second-order valence-electron chi connectivity index (χ2n) is 4.52. The van der Waals surface area contributed by atoms with Crippen molar-refractivity contribution in [3.8, 4) is 0 Å². The van der Waals surface area contributed by atoms with Crippen LogP contribution in [0.15, 0.2) is 40.9 Å². The van der Waals surface area contributed by atoms with Gasteiger partial charge in [-0.3, -0.25) is 4.79 Å². The molecule has 0 atom stereocenters. The van der Waals surface area contributed by atoms with Crippen molar-refractivity contribution in [2.24, 2.45) is 5.73 Å². The number of hydrogen-bond acceptors (Lipinski definition) is 3. The van der Waals surface area contributed by atoms with Crippen LogP contribution in [0.2, 0.25) is 0 Å². The average molecular weight is 349 g/mol. The topological polar surface area (TPSA) is 92.4 Å². The maximum Gasteiger partial charge on any atom is 0.336 e. The number of halogens is 1. The molecule has 0 spiro atoms. The number of carbonyl (C=O) groups excluding carboxylic acids is 1. The van der Waals surface area contributed by atoms with Crippen molar-refractivity contribution in [2.75, 3.05) is 5.32 Å². The van der Waals surface area contributed by atoms with E-state index in [9.17, 15) is 9.59 Å². The lowest BCUT2D eigenvalue weighted by Gasteiger charge is -2.10. The van der Waals surface area contributed by atoms with E-state index in [2.05, 4.69) is 21.2 Å². The van der Waals surface area contributed by atoms with Gasteiger partial charge in [0.2, 0.25) is 5.91 Å². The molecule has 1 amide bonds. The molecule has 0 aromatic heterocycles. The normalized spacial score (nSPS) is 10.2. The lowest BCUT2D eigenvalue weighted by molar-refractivity contribution is 0.0696. The number of nitrogens with one attached hydrogen (secondary N) is 1. The van der Waals surface area contributed by atoms with Crippen LogP contribution in [0, 0.1) is 6.92 Å². The second-order valence-corrected chi connectivity index (χ2v) is 5.37. The molecule has 2 aromatic rings. The average Bonchev–Trinajstić information content (AvgIpc) is 2.40. The number of anilines is 2. The Morgan fingerprint density at radius 1 is 1.10 bits per heavy atom. The van der Waals surface area contributed by atoms with Crippen LogP contribution in [-0.2, 0) is 0 Å². The highest BCUT2D eigenvalue weighted by molar-refractivity contribution is 9.10. The molecule has 2 aromatic carbocycles. The first-order valence-corrected chi connectivity index (χ1v) is 6.88. The molecule has 5 nitrogen and oxygen atoms in total. The molecular formula is C15H13BrN2O3. The number of carboxylic acids is 1. The fourth-order valence-electron chi connectivity index (χ4n) is 1.89. The van der Waals surface area contributed by atoms with Crippen molar-refractivity contribution < 1.29 is 14.7 Å². The smallest absolute Gasteiger partial charge is 0.336 e. The number of carbonyl (C=O) groups is 2. The molecule has 0 aliphatic heterocycles. The molecule has 2 rings (SSSR count). The first-order chi connectivity index (χ1) is 9.88. The van der Waals surface area contributed by atoms with Gasteiger partial charge < -0.3 is 16.2 Å². The third-order valence-electron chi connectivity index (χ3n) is 2.99. The molecule has 0 aliphatic carbocycles. The number of primary amides is 1. The zero-order chi connectivity index (χ0) is 15.6. The predicted molar refractivity (Wildman–Crippen MR) is 84.1 cm³/mol. The van der Waals surface area contributed by atoms with Gasteiger partial charge in [0.1, 0.15) is 0 Å². The van der Waals surface area contributed by atoms with Gasteiger partial charge in [-0.05, 0) is 58.7 Å². The summed E-state index contributed by atoms with van der Waals surface area (Å²) < 4.78 is 0.575. The van der Waals surface area contributed by atoms with Gasteiger partial charge >= 0.3 is 5.97 Å². The third-order valence-corrected chi connectivity index (χ3v) is 3.65. The molecule has 0 unspecified atom stereocenters. The van der Waals surface area contributed by atoms with Gasteiger partial charge in [-0.25, -0.2) is 4.79 Å². The van der Waals surface area contributed by atoms with Gasteiger partial charge in [0.05, 0.1) is 11.1 Å². The van der Waals surface area contributed by atoms with Crippen molar-refractivity contribution in [3.63, 3.8) is 0 Å². The summed E-state index contributed by atoms with van der Waals surface area (Å²) in [6, 6.07) is 10.1. The van der Waals surface area contributed by atoms with Gasteiger partial charge in [0.15, 0.2) is 0 Å². The summed E-state index contributed by atoms with van der Waals surface area (Å²) in [4.78, 5) is 22.3.